The largest absolute Gasteiger partial charge is 0.496 e. The van der Waals surface area contributed by atoms with Crippen LogP contribution < -0.4 is 9.47 Å². The number of carbonyl (C=O) groups excluding carboxylic acids is 1. The first kappa shape index (κ1) is 14.0. The molecule has 0 aromatic heterocycles. The smallest absolute Gasteiger partial charge is 0.235 e. The van der Waals surface area contributed by atoms with E-state index in [-0.39, 0.29) is 0 Å². The highest BCUT2D eigenvalue weighted by Crippen LogP contribution is 2.53. The zero-order valence-electron chi connectivity index (χ0n) is 11.4. The maximum absolute atomic E-state index is 10.8. The SMILES string of the molecule is COc1ccc(OC)c(C2(N=C=O)CCC2)c1SC. The third-order valence-electron chi connectivity index (χ3n) is 3.63. The molecule has 0 bridgehead atoms. The van der Waals surface area contributed by atoms with Gasteiger partial charge in [0.15, 0.2) is 0 Å². The molecule has 1 fully saturated rings. The van der Waals surface area contributed by atoms with Gasteiger partial charge in [-0.3, -0.25) is 0 Å². The molecule has 0 unspecified atom stereocenters. The molecule has 2 rings (SSSR count). The minimum absolute atomic E-state index is 0.486. The fraction of sp³-hybridized carbons (Fsp3) is 0.500. The standard InChI is InChI=1S/C14H17NO3S/c1-17-10-5-6-11(18-2)13(19-3)12(10)14(15-9-16)7-4-8-14/h5-6H,4,7-8H2,1-3H3. The lowest BCUT2D eigenvalue weighted by Crippen LogP contribution is -2.33. The molecule has 1 aromatic rings. The first-order chi connectivity index (χ1) is 9.22. The van der Waals surface area contributed by atoms with Crippen LogP contribution in [0.15, 0.2) is 22.0 Å². The Hall–Kier alpha value is -1.45. The summed E-state index contributed by atoms with van der Waals surface area (Å²) in [6.07, 6.45) is 6.45. The van der Waals surface area contributed by atoms with Crippen molar-refractivity contribution in [3.8, 4) is 11.5 Å². The molecular formula is C14H17NO3S. The van der Waals surface area contributed by atoms with Crippen molar-refractivity contribution < 1.29 is 14.3 Å². The monoisotopic (exact) mass is 279 g/mol. The highest BCUT2D eigenvalue weighted by molar-refractivity contribution is 7.98. The summed E-state index contributed by atoms with van der Waals surface area (Å²) in [5.74, 6) is 1.54. The van der Waals surface area contributed by atoms with Gasteiger partial charge in [-0.05, 0) is 37.7 Å². The van der Waals surface area contributed by atoms with Crippen LogP contribution in [0, 0.1) is 0 Å². The van der Waals surface area contributed by atoms with E-state index < -0.39 is 5.54 Å². The van der Waals surface area contributed by atoms with Crippen LogP contribution in [-0.2, 0) is 10.3 Å². The molecule has 1 aromatic carbocycles. The molecular weight excluding hydrogens is 262 g/mol. The predicted octanol–water partition coefficient (Wildman–Crippen LogP) is 3.14. The molecule has 5 heteroatoms. The van der Waals surface area contributed by atoms with Crippen LogP contribution in [0.1, 0.15) is 24.8 Å². The number of rotatable bonds is 5. The van der Waals surface area contributed by atoms with Gasteiger partial charge in [-0.1, -0.05) is 0 Å². The lowest BCUT2D eigenvalue weighted by atomic mass is 9.72. The normalized spacial score (nSPS) is 16.2. The van der Waals surface area contributed by atoms with E-state index in [4.69, 9.17) is 9.47 Å². The third kappa shape index (κ3) is 2.24. The minimum Gasteiger partial charge on any atom is -0.496 e. The number of aliphatic imine (C=N–C) groups is 1. The third-order valence-corrected chi connectivity index (χ3v) is 4.45. The molecule has 0 saturated heterocycles. The van der Waals surface area contributed by atoms with Gasteiger partial charge in [0.1, 0.15) is 17.0 Å². The zero-order valence-corrected chi connectivity index (χ0v) is 12.2. The summed E-state index contributed by atoms with van der Waals surface area (Å²) in [6, 6.07) is 3.75. The Bertz CT molecular complexity index is 520. The Morgan fingerprint density at radius 1 is 1.26 bits per heavy atom. The van der Waals surface area contributed by atoms with Crippen molar-refractivity contribution in [2.45, 2.75) is 29.7 Å². The minimum atomic E-state index is -0.486. The molecule has 0 aliphatic heterocycles. The number of hydrogen-bond acceptors (Lipinski definition) is 5. The molecule has 0 atom stereocenters. The van der Waals surface area contributed by atoms with E-state index in [0.717, 1.165) is 41.2 Å². The molecule has 0 radical (unpaired) electrons. The summed E-state index contributed by atoms with van der Waals surface area (Å²) in [7, 11) is 3.27. The Morgan fingerprint density at radius 3 is 2.32 bits per heavy atom. The molecule has 0 amide bonds. The number of benzene rings is 1. The van der Waals surface area contributed by atoms with Crippen LogP contribution in [0.4, 0.5) is 0 Å². The zero-order chi connectivity index (χ0) is 13.9. The van der Waals surface area contributed by atoms with Crippen molar-refractivity contribution in [1.29, 1.82) is 0 Å². The van der Waals surface area contributed by atoms with E-state index in [1.807, 2.05) is 18.4 Å². The van der Waals surface area contributed by atoms with Crippen molar-refractivity contribution in [1.82, 2.24) is 0 Å². The van der Waals surface area contributed by atoms with Crippen LogP contribution in [0.5, 0.6) is 11.5 Å². The Balaban J connectivity index is 2.67. The number of methoxy groups -OCH3 is 2. The topological polar surface area (TPSA) is 47.9 Å². The summed E-state index contributed by atoms with van der Waals surface area (Å²) in [5, 5.41) is 0. The van der Waals surface area contributed by atoms with E-state index in [1.54, 1.807) is 32.1 Å². The lowest BCUT2D eigenvalue weighted by molar-refractivity contribution is 0.239. The van der Waals surface area contributed by atoms with E-state index >= 15 is 0 Å². The Morgan fingerprint density at radius 2 is 1.89 bits per heavy atom. The second-order valence-corrected chi connectivity index (χ2v) is 5.28. The van der Waals surface area contributed by atoms with Crippen molar-refractivity contribution >= 4 is 17.8 Å². The molecule has 19 heavy (non-hydrogen) atoms. The van der Waals surface area contributed by atoms with Gasteiger partial charge in [0, 0.05) is 5.56 Å². The summed E-state index contributed by atoms with van der Waals surface area (Å²) >= 11 is 1.58. The van der Waals surface area contributed by atoms with E-state index in [1.165, 1.54) is 0 Å². The van der Waals surface area contributed by atoms with Gasteiger partial charge < -0.3 is 9.47 Å². The van der Waals surface area contributed by atoms with Crippen molar-refractivity contribution in [2.75, 3.05) is 20.5 Å². The second-order valence-electron chi connectivity index (χ2n) is 4.47. The summed E-state index contributed by atoms with van der Waals surface area (Å²) in [5.41, 5.74) is 0.469. The molecule has 0 N–H and O–H groups in total. The van der Waals surface area contributed by atoms with Crippen LogP contribution >= 0.6 is 11.8 Å². The molecule has 4 nitrogen and oxygen atoms in total. The highest BCUT2D eigenvalue weighted by atomic mass is 32.2. The average molecular weight is 279 g/mol. The average Bonchev–Trinajstić information content (AvgIpc) is 2.41. The van der Waals surface area contributed by atoms with Gasteiger partial charge in [0.2, 0.25) is 6.08 Å². The van der Waals surface area contributed by atoms with E-state index in [2.05, 4.69) is 4.99 Å². The van der Waals surface area contributed by atoms with Crippen LogP contribution in [0.25, 0.3) is 0 Å². The van der Waals surface area contributed by atoms with Gasteiger partial charge in [0.25, 0.3) is 0 Å². The maximum Gasteiger partial charge on any atom is 0.235 e. The van der Waals surface area contributed by atoms with Crippen LogP contribution in [-0.4, -0.2) is 26.6 Å². The number of nitrogens with zero attached hydrogens (tertiary/aromatic N) is 1. The quantitative estimate of drug-likeness (QED) is 0.472. The summed E-state index contributed by atoms with van der Waals surface area (Å²) in [6.45, 7) is 0. The van der Waals surface area contributed by atoms with E-state index in [0.29, 0.717) is 0 Å². The first-order valence-electron chi connectivity index (χ1n) is 6.11. The Kier molecular flexibility index (Phi) is 4.17. The maximum atomic E-state index is 10.8. The highest BCUT2D eigenvalue weighted by Gasteiger charge is 2.43. The summed E-state index contributed by atoms with van der Waals surface area (Å²) in [4.78, 5) is 15.8. The van der Waals surface area contributed by atoms with Gasteiger partial charge in [-0.2, -0.15) is 4.99 Å². The number of ether oxygens (including phenoxy) is 2. The van der Waals surface area contributed by atoms with Gasteiger partial charge in [-0.25, -0.2) is 4.79 Å². The fourth-order valence-corrected chi connectivity index (χ4v) is 3.38. The van der Waals surface area contributed by atoms with Gasteiger partial charge in [0.05, 0.1) is 19.1 Å². The molecule has 1 aliphatic rings. The van der Waals surface area contributed by atoms with E-state index in [9.17, 15) is 4.79 Å². The van der Waals surface area contributed by atoms with Crippen LogP contribution in [0.2, 0.25) is 0 Å². The number of isocyanates is 1. The molecule has 1 saturated carbocycles. The first-order valence-corrected chi connectivity index (χ1v) is 7.33. The second kappa shape index (κ2) is 5.68. The van der Waals surface area contributed by atoms with Gasteiger partial charge >= 0.3 is 0 Å². The van der Waals surface area contributed by atoms with Crippen molar-refractivity contribution in [3.05, 3.63) is 17.7 Å². The van der Waals surface area contributed by atoms with Gasteiger partial charge in [-0.15, -0.1) is 11.8 Å². The fourth-order valence-electron chi connectivity index (χ4n) is 2.54. The molecule has 1 aliphatic carbocycles. The lowest BCUT2D eigenvalue weighted by Gasteiger charge is -2.39. The molecule has 0 heterocycles. The van der Waals surface area contributed by atoms with Crippen molar-refractivity contribution in [3.63, 3.8) is 0 Å². The predicted molar refractivity (Wildman–Crippen MR) is 75.0 cm³/mol. The van der Waals surface area contributed by atoms with Crippen molar-refractivity contribution in [2.24, 2.45) is 4.99 Å². The Labute approximate surface area is 117 Å². The summed E-state index contributed by atoms with van der Waals surface area (Å²) < 4.78 is 10.9. The van der Waals surface area contributed by atoms with Crippen LogP contribution in [0.3, 0.4) is 0 Å². The number of thioether (sulfide) groups is 1. The molecule has 0 spiro atoms. The number of hydrogen-bond donors (Lipinski definition) is 0. The molecule has 102 valence electrons.